The number of methoxy groups -OCH3 is 1. The standard InChI is InChI=1S/C12H14F2O2/c1-16-7-8-4-9(6-12(15)2-3-12)11(14)10(13)5-8/h4-5,15H,2-3,6-7H2,1H3. The van der Waals surface area contributed by atoms with Crippen molar-refractivity contribution < 1.29 is 18.6 Å². The molecule has 0 unspecified atom stereocenters. The van der Waals surface area contributed by atoms with Crippen molar-refractivity contribution in [3.63, 3.8) is 0 Å². The predicted molar refractivity (Wildman–Crippen MR) is 55.0 cm³/mol. The molecule has 1 aliphatic rings. The van der Waals surface area contributed by atoms with Crippen molar-refractivity contribution in [2.75, 3.05) is 7.11 Å². The lowest BCUT2D eigenvalue weighted by Crippen LogP contribution is -2.13. The molecule has 0 aromatic heterocycles. The highest BCUT2D eigenvalue weighted by atomic mass is 19.2. The van der Waals surface area contributed by atoms with Crippen molar-refractivity contribution in [1.82, 2.24) is 0 Å². The summed E-state index contributed by atoms with van der Waals surface area (Å²) in [6.45, 7) is 0.239. The molecular formula is C12H14F2O2. The minimum Gasteiger partial charge on any atom is -0.390 e. The lowest BCUT2D eigenvalue weighted by molar-refractivity contribution is 0.149. The molecule has 1 aromatic carbocycles. The van der Waals surface area contributed by atoms with Gasteiger partial charge in [0.25, 0.3) is 0 Å². The van der Waals surface area contributed by atoms with Crippen LogP contribution in [0.15, 0.2) is 12.1 Å². The first-order valence-corrected chi connectivity index (χ1v) is 5.22. The van der Waals surface area contributed by atoms with Gasteiger partial charge in [0, 0.05) is 13.5 Å². The summed E-state index contributed by atoms with van der Waals surface area (Å²) in [6, 6.07) is 2.68. The molecular weight excluding hydrogens is 214 g/mol. The van der Waals surface area contributed by atoms with Crippen LogP contribution in [-0.4, -0.2) is 17.8 Å². The molecule has 1 aliphatic carbocycles. The van der Waals surface area contributed by atoms with Crippen LogP contribution >= 0.6 is 0 Å². The third kappa shape index (κ3) is 2.39. The number of hydrogen-bond acceptors (Lipinski definition) is 2. The molecule has 0 heterocycles. The monoisotopic (exact) mass is 228 g/mol. The Hall–Kier alpha value is -1.00. The van der Waals surface area contributed by atoms with Gasteiger partial charge in [0.2, 0.25) is 0 Å². The molecule has 88 valence electrons. The van der Waals surface area contributed by atoms with Gasteiger partial charge >= 0.3 is 0 Å². The molecule has 1 fully saturated rings. The molecule has 0 bridgehead atoms. The van der Waals surface area contributed by atoms with E-state index in [1.54, 1.807) is 6.07 Å². The molecule has 0 saturated heterocycles. The second-order valence-corrected chi connectivity index (χ2v) is 4.38. The van der Waals surface area contributed by atoms with Crippen LogP contribution in [0.25, 0.3) is 0 Å². The average molecular weight is 228 g/mol. The molecule has 2 nitrogen and oxygen atoms in total. The normalized spacial score (nSPS) is 17.5. The molecule has 0 spiro atoms. The van der Waals surface area contributed by atoms with E-state index in [0.29, 0.717) is 18.4 Å². The summed E-state index contributed by atoms with van der Waals surface area (Å²) in [7, 11) is 1.50. The zero-order valence-electron chi connectivity index (χ0n) is 9.09. The second kappa shape index (κ2) is 4.11. The maximum absolute atomic E-state index is 13.5. The van der Waals surface area contributed by atoms with Crippen molar-refractivity contribution in [3.05, 3.63) is 34.9 Å². The van der Waals surface area contributed by atoms with Crippen LogP contribution in [-0.2, 0) is 17.8 Å². The summed E-state index contributed by atoms with van der Waals surface area (Å²) in [5, 5.41) is 9.70. The van der Waals surface area contributed by atoms with Crippen LogP contribution in [0.5, 0.6) is 0 Å². The van der Waals surface area contributed by atoms with E-state index in [0.717, 1.165) is 6.07 Å². The summed E-state index contributed by atoms with van der Waals surface area (Å²) in [5.74, 6) is -1.74. The molecule has 0 aliphatic heterocycles. The topological polar surface area (TPSA) is 29.5 Å². The largest absolute Gasteiger partial charge is 0.390 e. The minimum absolute atomic E-state index is 0.174. The Morgan fingerprint density at radius 1 is 1.38 bits per heavy atom. The van der Waals surface area contributed by atoms with E-state index >= 15 is 0 Å². The SMILES string of the molecule is COCc1cc(F)c(F)c(CC2(O)CC2)c1. The van der Waals surface area contributed by atoms with Crippen molar-refractivity contribution in [1.29, 1.82) is 0 Å². The van der Waals surface area contributed by atoms with E-state index in [-0.39, 0.29) is 18.6 Å². The van der Waals surface area contributed by atoms with Gasteiger partial charge in [-0.25, -0.2) is 8.78 Å². The Morgan fingerprint density at radius 2 is 2.06 bits per heavy atom. The van der Waals surface area contributed by atoms with Crippen molar-refractivity contribution >= 4 is 0 Å². The number of ether oxygens (including phenoxy) is 1. The smallest absolute Gasteiger partial charge is 0.162 e. The van der Waals surface area contributed by atoms with E-state index in [1.807, 2.05) is 0 Å². The van der Waals surface area contributed by atoms with Gasteiger partial charge in [-0.3, -0.25) is 0 Å². The Bertz CT molecular complexity index is 400. The molecule has 1 saturated carbocycles. The number of hydrogen-bond donors (Lipinski definition) is 1. The van der Waals surface area contributed by atoms with E-state index in [4.69, 9.17) is 4.74 Å². The number of aliphatic hydroxyl groups is 1. The maximum Gasteiger partial charge on any atom is 0.162 e. The summed E-state index contributed by atoms with van der Waals surface area (Å²) < 4.78 is 31.6. The summed E-state index contributed by atoms with van der Waals surface area (Å²) in [4.78, 5) is 0. The van der Waals surface area contributed by atoms with Crippen LogP contribution in [0, 0.1) is 11.6 Å². The lowest BCUT2D eigenvalue weighted by Gasteiger charge is -2.11. The fourth-order valence-electron chi connectivity index (χ4n) is 1.76. The van der Waals surface area contributed by atoms with Gasteiger partial charge in [-0.2, -0.15) is 0 Å². The average Bonchev–Trinajstić information content (AvgIpc) is 2.92. The summed E-state index contributed by atoms with van der Waals surface area (Å²) in [5.41, 5.74) is -0.00778. The molecule has 16 heavy (non-hydrogen) atoms. The van der Waals surface area contributed by atoms with Crippen LogP contribution in [0.1, 0.15) is 24.0 Å². The zero-order valence-corrected chi connectivity index (χ0v) is 9.09. The third-order valence-electron chi connectivity index (χ3n) is 2.82. The van der Waals surface area contributed by atoms with Gasteiger partial charge in [-0.1, -0.05) is 6.07 Å². The first-order valence-electron chi connectivity index (χ1n) is 5.22. The second-order valence-electron chi connectivity index (χ2n) is 4.38. The number of benzene rings is 1. The Labute approximate surface area is 92.9 Å². The highest BCUT2D eigenvalue weighted by Crippen LogP contribution is 2.39. The summed E-state index contributed by atoms with van der Waals surface area (Å²) >= 11 is 0. The quantitative estimate of drug-likeness (QED) is 0.855. The van der Waals surface area contributed by atoms with Gasteiger partial charge < -0.3 is 9.84 Å². The van der Waals surface area contributed by atoms with Crippen molar-refractivity contribution in [2.24, 2.45) is 0 Å². The molecule has 0 amide bonds. The van der Waals surface area contributed by atoms with E-state index in [2.05, 4.69) is 0 Å². The first kappa shape index (κ1) is 11.5. The highest BCUT2D eigenvalue weighted by Gasteiger charge is 2.41. The maximum atomic E-state index is 13.5. The zero-order chi connectivity index (χ0) is 11.8. The van der Waals surface area contributed by atoms with E-state index < -0.39 is 17.2 Å². The highest BCUT2D eigenvalue weighted by molar-refractivity contribution is 5.28. The molecule has 0 atom stereocenters. The minimum atomic E-state index is -0.881. The van der Waals surface area contributed by atoms with Gasteiger partial charge in [-0.05, 0) is 30.0 Å². The number of halogens is 2. The summed E-state index contributed by atoms with van der Waals surface area (Å²) in [6.07, 6.45) is 1.48. The van der Waals surface area contributed by atoms with Crippen LogP contribution < -0.4 is 0 Å². The van der Waals surface area contributed by atoms with Gasteiger partial charge in [0.15, 0.2) is 11.6 Å². The van der Waals surface area contributed by atoms with E-state index in [1.165, 1.54) is 7.11 Å². The number of rotatable bonds is 4. The molecule has 1 N–H and O–H groups in total. The predicted octanol–water partition coefficient (Wildman–Crippen LogP) is 2.18. The van der Waals surface area contributed by atoms with Crippen LogP contribution in [0.4, 0.5) is 8.78 Å². The van der Waals surface area contributed by atoms with Crippen molar-refractivity contribution in [2.45, 2.75) is 31.5 Å². The fourth-order valence-corrected chi connectivity index (χ4v) is 1.76. The molecule has 4 heteroatoms. The van der Waals surface area contributed by atoms with Crippen LogP contribution in [0.3, 0.4) is 0 Å². The first-order chi connectivity index (χ1) is 7.54. The van der Waals surface area contributed by atoms with Crippen molar-refractivity contribution in [3.8, 4) is 0 Å². The Kier molecular flexibility index (Phi) is 2.95. The molecule has 2 rings (SSSR count). The van der Waals surface area contributed by atoms with Crippen LogP contribution in [0.2, 0.25) is 0 Å². The van der Waals surface area contributed by atoms with Gasteiger partial charge in [-0.15, -0.1) is 0 Å². The Balaban J connectivity index is 2.27. The fraction of sp³-hybridized carbons (Fsp3) is 0.500. The molecule has 1 aromatic rings. The van der Waals surface area contributed by atoms with Gasteiger partial charge in [0.05, 0.1) is 12.2 Å². The Morgan fingerprint density at radius 3 is 2.62 bits per heavy atom. The lowest BCUT2D eigenvalue weighted by atomic mass is 10.0. The van der Waals surface area contributed by atoms with Gasteiger partial charge in [0.1, 0.15) is 0 Å². The van der Waals surface area contributed by atoms with E-state index in [9.17, 15) is 13.9 Å². The molecule has 0 radical (unpaired) electrons. The third-order valence-corrected chi connectivity index (χ3v) is 2.82.